The lowest BCUT2D eigenvalue weighted by molar-refractivity contribution is 0.0697. The smallest absolute Gasteiger partial charge is 0.255 e. The highest BCUT2D eigenvalue weighted by atomic mass is 16.5. The number of hydrogen-bond donors (Lipinski definition) is 2. The lowest BCUT2D eigenvalue weighted by Gasteiger charge is -2.32. The Kier molecular flexibility index (Phi) is 6.03. The van der Waals surface area contributed by atoms with Crippen molar-refractivity contribution < 1.29 is 24.2 Å². The van der Waals surface area contributed by atoms with E-state index < -0.39 is 0 Å². The van der Waals surface area contributed by atoms with Crippen molar-refractivity contribution in [1.29, 1.82) is 0 Å². The molecule has 1 heterocycles. The van der Waals surface area contributed by atoms with Crippen molar-refractivity contribution in [2.24, 2.45) is 0 Å². The van der Waals surface area contributed by atoms with E-state index in [1.165, 1.54) is 13.2 Å². The summed E-state index contributed by atoms with van der Waals surface area (Å²) in [6, 6.07) is 11.5. The molecule has 148 valence electrons. The van der Waals surface area contributed by atoms with Crippen LogP contribution >= 0.6 is 0 Å². The fraction of sp³-hybridized carbons (Fsp3) is 0.333. The maximum Gasteiger partial charge on any atom is 0.255 e. The number of amides is 2. The summed E-state index contributed by atoms with van der Waals surface area (Å²) in [4.78, 5) is 26.9. The van der Waals surface area contributed by atoms with Crippen molar-refractivity contribution in [1.82, 2.24) is 10.2 Å². The van der Waals surface area contributed by atoms with Gasteiger partial charge in [0.2, 0.25) is 0 Å². The Bertz CT molecular complexity index is 860. The summed E-state index contributed by atoms with van der Waals surface area (Å²) in [5.74, 6) is 0.665. The Hall–Kier alpha value is -3.22. The predicted octanol–water partition coefficient (Wildman–Crippen LogP) is 2.44. The van der Waals surface area contributed by atoms with Crippen LogP contribution in [-0.4, -0.2) is 55.2 Å². The van der Waals surface area contributed by atoms with Crippen LogP contribution in [0.3, 0.4) is 0 Å². The van der Waals surface area contributed by atoms with Gasteiger partial charge in [-0.25, -0.2) is 0 Å². The number of phenolic OH excluding ortho intramolecular Hbond substituents is 1. The van der Waals surface area contributed by atoms with Crippen LogP contribution in [0.15, 0.2) is 42.5 Å². The second-order valence-electron chi connectivity index (χ2n) is 6.63. The maximum atomic E-state index is 12.8. The molecule has 0 aromatic heterocycles. The van der Waals surface area contributed by atoms with E-state index in [9.17, 15) is 14.7 Å². The monoisotopic (exact) mass is 384 g/mol. The highest BCUT2D eigenvalue weighted by Crippen LogP contribution is 2.28. The molecule has 7 nitrogen and oxygen atoms in total. The lowest BCUT2D eigenvalue weighted by atomic mass is 10.0. The minimum absolute atomic E-state index is 0.0402. The van der Waals surface area contributed by atoms with Crippen LogP contribution < -0.4 is 14.8 Å². The molecule has 0 radical (unpaired) electrons. The lowest BCUT2D eigenvalue weighted by Crippen LogP contribution is -2.46. The summed E-state index contributed by atoms with van der Waals surface area (Å²) < 4.78 is 10.5. The first-order valence-electron chi connectivity index (χ1n) is 9.13. The third kappa shape index (κ3) is 4.19. The first-order chi connectivity index (χ1) is 13.5. The SMILES string of the molecule is COc1ccc(C(=O)N2CCC(NC(=O)c3ccccc3O)CC2)cc1OC. The number of carbonyl (C=O) groups excluding carboxylic acids is 2. The van der Waals surface area contributed by atoms with Crippen LogP contribution in [0.2, 0.25) is 0 Å². The Morgan fingerprint density at radius 1 is 1.04 bits per heavy atom. The first kappa shape index (κ1) is 19.5. The zero-order valence-corrected chi connectivity index (χ0v) is 16.0. The van der Waals surface area contributed by atoms with Crippen molar-refractivity contribution in [2.75, 3.05) is 27.3 Å². The highest BCUT2D eigenvalue weighted by molar-refractivity contribution is 5.97. The number of rotatable bonds is 5. The molecule has 2 aromatic rings. The minimum Gasteiger partial charge on any atom is -0.507 e. The topological polar surface area (TPSA) is 88.1 Å². The van der Waals surface area contributed by atoms with Gasteiger partial charge in [-0.2, -0.15) is 0 Å². The summed E-state index contributed by atoms with van der Waals surface area (Å²) >= 11 is 0. The molecule has 1 aliphatic heterocycles. The quantitative estimate of drug-likeness (QED) is 0.827. The molecule has 2 aromatic carbocycles. The summed E-state index contributed by atoms with van der Waals surface area (Å²) in [6.07, 6.45) is 1.30. The number of benzene rings is 2. The number of para-hydroxylation sites is 1. The van der Waals surface area contributed by atoms with E-state index in [0.717, 1.165) is 0 Å². The second-order valence-corrected chi connectivity index (χ2v) is 6.63. The van der Waals surface area contributed by atoms with Gasteiger partial charge >= 0.3 is 0 Å². The summed E-state index contributed by atoms with van der Waals surface area (Å²) in [7, 11) is 3.08. The number of hydrogen-bond acceptors (Lipinski definition) is 5. The van der Waals surface area contributed by atoms with Crippen molar-refractivity contribution in [3.63, 3.8) is 0 Å². The molecule has 0 bridgehead atoms. The van der Waals surface area contributed by atoms with Gasteiger partial charge in [0, 0.05) is 24.7 Å². The van der Waals surface area contributed by atoms with E-state index in [1.807, 2.05) is 0 Å². The number of aromatic hydroxyl groups is 1. The van der Waals surface area contributed by atoms with Gasteiger partial charge < -0.3 is 24.8 Å². The highest BCUT2D eigenvalue weighted by Gasteiger charge is 2.26. The molecule has 1 fully saturated rings. The number of ether oxygens (including phenoxy) is 2. The summed E-state index contributed by atoms with van der Waals surface area (Å²) in [5.41, 5.74) is 0.792. The molecule has 0 unspecified atom stereocenters. The molecule has 0 spiro atoms. The zero-order chi connectivity index (χ0) is 20.1. The molecular formula is C21H24N2O5. The first-order valence-corrected chi connectivity index (χ1v) is 9.13. The Morgan fingerprint density at radius 3 is 2.36 bits per heavy atom. The van der Waals surface area contributed by atoms with Gasteiger partial charge in [-0.3, -0.25) is 9.59 Å². The number of phenols is 1. The fourth-order valence-electron chi connectivity index (χ4n) is 3.31. The molecular weight excluding hydrogens is 360 g/mol. The van der Waals surface area contributed by atoms with E-state index >= 15 is 0 Å². The Morgan fingerprint density at radius 2 is 1.71 bits per heavy atom. The number of nitrogens with one attached hydrogen (secondary N) is 1. The third-order valence-corrected chi connectivity index (χ3v) is 4.90. The number of piperidine rings is 1. The van der Waals surface area contributed by atoms with E-state index in [2.05, 4.69) is 5.32 Å². The van der Waals surface area contributed by atoms with Crippen molar-refractivity contribution >= 4 is 11.8 Å². The van der Waals surface area contributed by atoms with Crippen LogP contribution in [0.4, 0.5) is 0 Å². The zero-order valence-electron chi connectivity index (χ0n) is 16.0. The number of nitrogens with zero attached hydrogens (tertiary/aromatic N) is 1. The van der Waals surface area contributed by atoms with Crippen LogP contribution in [0.25, 0.3) is 0 Å². The fourth-order valence-corrected chi connectivity index (χ4v) is 3.31. The largest absolute Gasteiger partial charge is 0.507 e. The summed E-state index contributed by atoms with van der Waals surface area (Å²) in [6.45, 7) is 1.08. The van der Waals surface area contributed by atoms with Crippen LogP contribution in [0.5, 0.6) is 17.2 Å². The van der Waals surface area contributed by atoms with Gasteiger partial charge in [-0.15, -0.1) is 0 Å². The Balaban J connectivity index is 1.58. The molecule has 1 aliphatic rings. The van der Waals surface area contributed by atoms with Crippen LogP contribution in [0.1, 0.15) is 33.6 Å². The number of carbonyl (C=O) groups is 2. The van der Waals surface area contributed by atoms with Crippen molar-refractivity contribution in [2.45, 2.75) is 18.9 Å². The molecule has 2 amide bonds. The average molecular weight is 384 g/mol. The maximum absolute atomic E-state index is 12.8. The minimum atomic E-state index is -0.303. The van der Waals surface area contributed by atoms with Crippen molar-refractivity contribution in [3.05, 3.63) is 53.6 Å². The standard InChI is InChI=1S/C21H24N2O5/c1-27-18-8-7-14(13-19(18)28-2)21(26)23-11-9-15(10-12-23)22-20(25)16-5-3-4-6-17(16)24/h3-8,13,15,24H,9-12H2,1-2H3,(H,22,25). The molecule has 0 saturated carbocycles. The number of methoxy groups -OCH3 is 2. The summed E-state index contributed by atoms with van der Waals surface area (Å²) in [5, 5.41) is 12.7. The second kappa shape index (κ2) is 8.65. The van der Waals surface area contributed by atoms with Gasteiger partial charge in [-0.1, -0.05) is 12.1 Å². The molecule has 3 rings (SSSR count). The van der Waals surface area contributed by atoms with Crippen molar-refractivity contribution in [3.8, 4) is 17.2 Å². The van der Waals surface area contributed by atoms with Gasteiger partial charge in [0.1, 0.15) is 5.75 Å². The van der Waals surface area contributed by atoms with Gasteiger partial charge in [0.15, 0.2) is 11.5 Å². The molecule has 0 atom stereocenters. The molecule has 28 heavy (non-hydrogen) atoms. The van der Waals surface area contributed by atoms with Crippen LogP contribution in [-0.2, 0) is 0 Å². The van der Waals surface area contributed by atoms with Gasteiger partial charge in [-0.05, 0) is 43.2 Å². The predicted molar refractivity (Wildman–Crippen MR) is 104 cm³/mol. The number of likely N-dealkylation sites (tertiary alicyclic amines) is 1. The van der Waals surface area contributed by atoms with Gasteiger partial charge in [0.25, 0.3) is 11.8 Å². The molecule has 0 aliphatic carbocycles. The normalized spacial score (nSPS) is 14.4. The third-order valence-electron chi connectivity index (χ3n) is 4.90. The molecule has 2 N–H and O–H groups in total. The van der Waals surface area contributed by atoms with Crippen LogP contribution in [0, 0.1) is 0 Å². The average Bonchev–Trinajstić information content (AvgIpc) is 2.73. The molecule has 7 heteroatoms. The van der Waals surface area contributed by atoms with E-state index in [4.69, 9.17) is 9.47 Å². The van der Waals surface area contributed by atoms with Gasteiger partial charge in [0.05, 0.1) is 19.8 Å². The Labute approximate surface area is 163 Å². The van der Waals surface area contributed by atoms with E-state index in [0.29, 0.717) is 43.0 Å². The van der Waals surface area contributed by atoms with E-state index in [1.54, 1.807) is 48.4 Å². The van der Waals surface area contributed by atoms with E-state index in [-0.39, 0.29) is 29.2 Å². The molecule has 1 saturated heterocycles.